The Morgan fingerprint density at radius 2 is 2.00 bits per heavy atom. The van der Waals surface area contributed by atoms with Crippen LogP contribution >= 0.6 is 0 Å². The molecule has 2 rings (SSSR count). The molecular weight excluding hydrogens is 248 g/mol. The number of hydrogen-bond donors (Lipinski definition) is 1. The van der Waals surface area contributed by atoms with E-state index in [1.165, 1.54) is 10.9 Å². The van der Waals surface area contributed by atoms with E-state index in [4.69, 9.17) is 4.74 Å². The van der Waals surface area contributed by atoms with Crippen LogP contribution in [0.5, 0.6) is 5.75 Å². The van der Waals surface area contributed by atoms with E-state index in [9.17, 15) is 0 Å². The molecule has 2 aromatic rings. The molecule has 3 nitrogen and oxygen atoms in total. The van der Waals surface area contributed by atoms with E-state index in [2.05, 4.69) is 35.3 Å². The number of ether oxygens (including phenoxy) is 1. The Kier molecular flexibility index (Phi) is 5.02. The van der Waals surface area contributed by atoms with Crippen LogP contribution in [0.1, 0.15) is 5.56 Å². The molecule has 106 valence electrons. The Morgan fingerprint density at radius 3 is 2.65 bits per heavy atom. The summed E-state index contributed by atoms with van der Waals surface area (Å²) in [5.41, 5.74) is 2.39. The molecule has 3 heteroatoms. The molecule has 0 bridgehead atoms. The summed E-state index contributed by atoms with van der Waals surface area (Å²) in [7, 11) is 1.70. The van der Waals surface area contributed by atoms with Gasteiger partial charge in [0.1, 0.15) is 5.75 Å². The van der Waals surface area contributed by atoms with Crippen molar-refractivity contribution >= 4 is 10.9 Å². The van der Waals surface area contributed by atoms with Gasteiger partial charge >= 0.3 is 0 Å². The fourth-order valence-electron chi connectivity index (χ4n) is 2.46. The van der Waals surface area contributed by atoms with Crippen LogP contribution in [-0.2, 0) is 6.42 Å². The molecule has 1 aromatic carbocycles. The van der Waals surface area contributed by atoms with Gasteiger partial charge < -0.3 is 9.72 Å². The van der Waals surface area contributed by atoms with Crippen molar-refractivity contribution in [3.05, 3.63) is 55.3 Å². The van der Waals surface area contributed by atoms with Gasteiger partial charge in [-0.25, -0.2) is 0 Å². The van der Waals surface area contributed by atoms with Crippen molar-refractivity contribution in [1.82, 2.24) is 9.88 Å². The van der Waals surface area contributed by atoms with Crippen LogP contribution in [0.3, 0.4) is 0 Å². The Balaban J connectivity index is 2.13. The molecule has 0 aliphatic heterocycles. The van der Waals surface area contributed by atoms with E-state index >= 15 is 0 Å². The highest BCUT2D eigenvalue weighted by molar-refractivity contribution is 5.88. The first kappa shape index (κ1) is 14.4. The van der Waals surface area contributed by atoms with E-state index < -0.39 is 0 Å². The van der Waals surface area contributed by atoms with Gasteiger partial charge in [0.05, 0.1) is 12.6 Å². The summed E-state index contributed by atoms with van der Waals surface area (Å²) in [5, 5.41) is 1.24. The third-order valence-electron chi connectivity index (χ3n) is 3.45. The number of nitrogens with zero attached hydrogens (tertiary/aromatic N) is 1. The largest absolute Gasteiger partial charge is 0.495 e. The molecule has 0 unspecified atom stereocenters. The van der Waals surface area contributed by atoms with Crippen molar-refractivity contribution in [2.24, 2.45) is 0 Å². The lowest BCUT2D eigenvalue weighted by Gasteiger charge is -2.18. The number of H-pyrrole nitrogens is 1. The Morgan fingerprint density at radius 1 is 1.25 bits per heavy atom. The molecule has 0 fully saturated rings. The summed E-state index contributed by atoms with van der Waals surface area (Å²) in [5.74, 6) is 0.891. The predicted molar refractivity (Wildman–Crippen MR) is 85.4 cm³/mol. The highest BCUT2D eigenvalue weighted by atomic mass is 16.5. The first-order chi connectivity index (χ1) is 9.80. The molecule has 0 radical (unpaired) electrons. The summed E-state index contributed by atoms with van der Waals surface area (Å²) < 4.78 is 5.38. The quantitative estimate of drug-likeness (QED) is 0.745. The normalized spacial score (nSPS) is 10.9. The van der Waals surface area contributed by atoms with Gasteiger partial charge in [-0.2, -0.15) is 0 Å². The van der Waals surface area contributed by atoms with Crippen molar-refractivity contribution < 1.29 is 4.74 Å². The number of para-hydroxylation sites is 1. The maximum atomic E-state index is 5.38. The fourth-order valence-corrected chi connectivity index (χ4v) is 2.46. The number of hydrogen-bond acceptors (Lipinski definition) is 2. The number of aromatic amines is 1. The van der Waals surface area contributed by atoms with Gasteiger partial charge in [-0.05, 0) is 18.1 Å². The van der Waals surface area contributed by atoms with Crippen molar-refractivity contribution in [3.63, 3.8) is 0 Å². The zero-order valence-corrected chi connectivity index (χ0v) is 12.1. The molecule has 0 spiro atoms. The summed E-state index contributed by atoms with van der Waals surface area (Å²) in [4.78, 5) is 5.63. The number of methoxy groups -OCH3 is 1. The number of rotatable bonds is 8. The van der Waals surface area contributed by atoms with Crippen LogP contribution < -0.4 is 4.74 Å². The maximum Gasteiger partial charge on any atom is 0.142 e. The van der Waals surface area contributed by atoms with E-state index in [1.54, 1.807) is 7.11 Å². The summed E-state index contributed by atoms with van der Waals surface area (Å²) in [6, 6.07) is 6.14. The third-order valence-corrected chi connectivity index (χ3v) is 3.45. The lowest BCUT2D eigenvalue weighted by molar-refractivity contribution is 0.340. The van der Waals surface area contributed by atoms with Crippen LogP contribution in [0.2, 0.25) is 0 Å². The van der Waals surface area contributed by atoms with Gasteiger partial charge in [-0.15, -0.1) is 13.2 Å². The highest BCUT2D eigenvalue weighted by Crippen LogP contribution is 2.27. The minimum atomic E-state index is 0.887. The number of fused-ring (bicyclic) bond motifs is 1. The third kappa shape index (κ3) is 3.11. The molecule has 0 atom stereocenters. The topological polar surface area (TPSA) is 28.3 Å². The van der Waals surface area contributed by atoms with Crippen molar-refractivity contribution in [2.45, 2.75) is 6.42 Å². The summed E-state index contributed by atoms with van der Waals surface area (Å²) >= 11 is 0. The minimum Gasteiger partial charge on any atom is -0.495 e. The molecule has 0 saturated heterocycles. The zero-order valence-electron chi connectivity index (χ0n) is 12.1. The average molecular weight is 270 g/mol. The average Bonchev–Trinajstić information content (AvgIpc) is 2.88. The first-order valence-corrected chi connectivity index (χ1v) is 6.87. The van der Waals surface area contributed by atoms with Crippen molar-refractivity contribution in [3.8, 4) is 5.75 Å². The molecule has 1 heterocycles. The van der Waals surface area contributed by atoms with Gasteiger partial charge in [-0.1, -0.05) is 24.3 Å². The zero-order chi connectivity index (χ0) is 14.4. The van der Waals surface area contributed by atoms with Crippen molar-refractivity contribution in [2.75, 3.05) is 26.7 Å². The second-order valence-corrected chi connectivity index (χ2v) is 4.78. The molecule has 0 aliphatic rings. The monoisotopic (exact) mass is 270 g/mol. The number of aromatic nitrogens is 1. The van der Waals surface area contributed by atoms with Gasteiger partial charge in [0, 0.05) is 31.2 Å². The lowest BCUT2D eigenvalue weighted by Crippen LogP contribution is -2.26. The van der Waals surface area contributed by atoms with Crippen molar-refractivity contribution in [1.29, 1.82) is 0 Å². The Labute approximate surface area is 120 Å². The highest BCUT2D eigenvalue weighted by Gasteiger charge is 2.09. The van der Waals surface area contributed by atoms with E-state index in [1.807, 2.05) is 24.3 Å². The standard InChI is InChI=1S/C17H22N2O/c1-4-10-19(11-5-2)12-9-14-13-18-17-15(14)7-6-8-16(17)20-3/h4-8,13,18H,1-2,9-12H2,3H3. The molecular formula is C17H22N2O. The van der Waals surface area contributed by atoms with Crippen LogP contribution in [0, 0.1) is 0 Å². The second-order valence-electron chi connectivity index (χ2n) is 4.78. The molecule has 1 N–H and O–H groups in total. The van der Waals surface area contributed by atoms with E-state index in [0.29, 0.717) is 0 Å². The minimum absolute atomic E-state index is 0.887. The van der Waals surface area contributed by atoms with Gasteiger partial charge in [0.15, 0.2) is 0 Å². The van der Waals surface area contributed by atoms with E-state index in [0.717, 1.165) is 37.3 Å². The summed E-state index contributed by atoms with van der Waals surface area (Å²) in [6.45, 7) is 10.4. The maximum absolute atomic E-state index is 5.38. The fraction of sp³-hybridized carbons (Fsp3) is 0.294. The van der Waals surface area contributed by atoms with Crippen LogP contribution in [0.25, 0.3) is 10.9 Å². The van der Waals surface area contributed by atoms with E-state index in [-0.39, 0.29) is 0 Å². The molecule has 0 amide bonds. The Bertz CT molecular complexity index is 576. The smallest absolute Gasteiger partial charge is 0.142 e. The Hall–Kier alpha value is -2.00. The number of nitrogens with one attached hydrogen (secondary N) is 1. The van der Waals surface area contributed by atoms with Gasteiger partial charge in [-0.3, -0.25) is 4.90 Å². The van der Waals surface area contributed by atoms with Crippen LogP contribution in [0.4, 0.5) is 0 Å². The van der Waals surface area contributed by atoms with Gasteiger partial charge in [0.25, 0.3) is 0 Å². The van der Waals surface area contributed by atoms with Gasteiger partial charge in [0.2, 0.25) is 0 Å². The molecule has 0 saturated carbocycles. The molecule has 0 aliphatic carbocycles. The lowest BCUT2D eigenvalue weighted by atomic mass is 10.1. The molecule has 20 heavy (non-hydrogen) atoms. The second kappa shape index (κ2) is 6.96. The molecule has 1 aromatic heterocycles. The summed E-state index contributed by atoms with van der Waals surface area (Å²) in [6.07, 6.45) is 6.94. The van der Waals surface area contributed by atoms with Crippen LogP contribution in [-0.4, -0.2) is 36.6 Å². The number of benzene rings is 1. The predicted octanol–water partition coefficient (Wildman–Crippen LogP) is 3.39. The first-order valence-electron chi connectivity index (χ1n) is 6.87. The SMILES string of the molecule is C=CCN(CC=C)CCc1c[nH]c2c(OC)cccc12. The van der Waals surface area contributed by atoms with Crippen LogP contribution in [0.15, 0.2) is 49.7 Å².